The first-order valence-electron chi connectivity index (χ1n) is 6.56. The molecule has 2 rings (SSSR count). The fraction of sp³-hybridized carbons (Fsp3) is 0.385. The lowest BCUT2D eigenvalue weighted by molar-refractivity contribution is -0.348. The first-order valence-corrected chi connectivity index (χ1v) is 6.56. The van der Waals surface area contributed by atoms with Gasteiger partial charge in [-0.25, -0.2) is 14.2 Å². The van der Waals surface area contributed by atoms with Gasteiger partial charge >= 0.3 is 24.1 Å². The van der Waals surface area contributed by atoms with E-state index >= 15 is 0 Å². The van der Waals surface area contributed by atoms with Gasteiger partial charge in [0.25, 0.3) is 5.91 Å². The van der Waals surface area contributed by atoms with Crippen LogP contribution in [0.2, 0.25) is 0 Å². The van der Waals surface area contributed by atoms with Crippen LogP contribution in [0, 0.1) is 0 Å². The molecule has 0 aromatic heterocycles. The first-order chi connectivity index (χ1) is 11.4. The maximum absolute atomic E-state index is 13.8. The molecule has 138 valence electrons. The number of rotatable bonds is 3. The molecule has 1 fully saturated rings. The number of nitrogens with zero attached hydrogens (tertiary/aromatic N) is 1. The summed E-state index contributed by atoms with van der Waals surface area (Å²) in [7, 11) is 0. The number of alkyl halides is 7. The van der Waals surface area contributed by atoms with E-state index in [-0.39, 0.29) is 30.8 Å². The maximum atomic E-state index is 13.8. The molecule has 0 radical (unpaired) electrons. The molecule has 0 atom stereocenters. The zero-order valence-corrected chi connectivity index (χ0v) is 12.0. The minimum atomic E-state index is -6.24. The van der Waals surface area contributed by atoms with Crippen molar-refractivity contribution in [2.24, 2.45) is 0 Å². The van der Waals surface area contributed by atoms with Gasteiger partial charge in [0.15, 0.2) is 0 Å². The summed E-state index contributed by atoms with van der Waals surface area (Å²) < 4.78 is 94.1. The van der Waals surface area contributed by atoms with Crippen LogP contribution in [0.4, 0.5) is 35.5 Å². The van der Waals surface area contributed by atoms with Crippen LogP contribution in [0.5, 0.6) is 0 Å². The molecular formula is C13H9F7N2O3. The highest BCUT2D eigenvalue weighted by Gasteiger charge is 2.73. The number of ether oxygens (including phenoxy) is 1. The molecule has 25 heavy (non-hydrogen) atoms. The second-order valence-electron chi connectivity index (χ2n) is 4.94. The third kappa shape index (κ3) is 3.33. The topological polar surface area (TPSA) is 58.6 Å². The van der Waals surface area contributed by atoms with Crippen LogP contribution in [0.1, 0.15) is 15.9 Å². The number of carbonyl (C=O) groups excluding carboxylic acids is 2. The summed E-state index contributed by atoms with van der Waals surface area (Å²) in [5.41, 5.74) is -5.63. The van der Waals surface area contributed by atoms with Crippen molar-refractivity contribution in [3.63, 3.8) is 0 Å². The van der Waals surface area contributed by atoms with E-state index in [0.29, 0.717) is 12.1 Å². The number of halogens is 7. The number of amides is 2. The van der Waals surface area contributed by atoms with Gasteiger partial charge in [0.2, 0.25) is 0 Å². The molecule has 1 aliphatic rings. The Balaban J connectivity index is 2.26. The molecule has 1 aromatic carbocycles. The van der Waals surface area contributed by atoms with E-state index in [0.717, 1.165) is 5.01 Å². The average molecular weight is 374 g/mol. The molecule has 1 aromatic rings. The Morgan fingerprint density at radius 2 is 1.52 bits per heavy atom. The van der Waals surface area contributed by atoms with Crippen LogP contribution < -0.4 is 5.43 Å². The molecule has 0 aliphatic carbocycles. The van der Waals surface area contributed by atoms with Gasteiger partial charge < -0.3 is 4.74 Å². The summed E-state index contributed by atoms with van der Waals surface area (Å²) in [6.45, 7) is 0.0119. The zero-order chi connectivity index (χ0) is 19.0. The maximum Gasteiger partial charge on any atom is 0.435 e. The lowest BCUT2D eigenvalue weighted by atomic mass is 9.93. The summed E-state index contributed by atoms with van der Waals surface area (Å²) in [5, 5.41) is 0.765. The summed E-state index contributed by atoms with van der Waals surface area (Å²) in [4.78, 5) is 22.9. The Morgan fingerprint density at radius 1 is 1.00 bits per heavy atom. The smallest absolute Gasteiger partial charge is 0.435 e. The lowest BCUT2D eigenvalue weighted by Crippen LogP contribution is -2.50. The normalized spacial score (nSPS) is 16.0. The van der Waals surface area contributed by atoms with Crippen LogP contribution in [-0.2, 0) is 10.4 Å². The number of hydrogen-bond acceptors (Lipinski definition) is 3. The number of carbonyl (C=O) groups is 2. The minimum Gasteiger partial charge on any atom is -0.446 e. The zero-order valence-electron chi connectivity index (χ0n) is 12.0. The van der Waals surface area contributed by atoms with Gasteiger partial charge in [0.05, 0.1) is 6.54 Å². The fourth-order valence-corrected chi connectivity index (χ4v) is 2.02. The minimum absolute atomic E-state index is 0.000409. The molecular weight excluding hydrogens is 365 g/mol. The molecule has 0 spiro atoms. The monoisotopic (exact) mass is 374 g/mol. The van der Waals surface area contributed by atoms with E-state index in [1.165, 1.54) is 0 Å². The van der Waals surface area contributed by atoms with Crippen LogP contribution in [-0.4, -0.2) is 42.5 Å². The van der Waals surface area contributed by atoms with Crippen LogP contribution in [0.25, 0.3) is 0 Å². The Morgan fingerprint density at radius 3 is 1.92 bits per heavy atom. The van der Waals surface area contributed by atoms with Gasteiger partial charge in [-0.15, -0.1) is 0 Å². The van der Waals surface area contributed by atoms with E-state index in [1.807, 2.05) is 5.43 Å². The van der Waals surface area contributed by atoms with Crippen molar-refractivity contribution in [2.75, 3.05) is 13.2 Å². The number of benzene rings is 1. The Bertz CT molecular complexity index is 656. The predicted molar refractivity (Wildman–Crippen MR) is 66.9 cm³/mol. The molecule has 1 N–H and O–H groups in total. The third-order valence-corrected chi connectivity index (χ3v) is 3.32. The van der Waals surface area contributed by atoms with Crippen molar-refractivity contribution in [1.82, 2.24) is 10.4 Å². The fourth-order valence-electron chi connectivity index (χ4n) is 2.02. The number of hydrazine groups is 1. The Labute approximate surface area is 135 Å². The number of hydrogen-bond donors (Lipinski definition) is 1. The SMILES string of the molecule is O=C(NN1CCOC1=O)c1ccc(C(F)(C(F)(F)F)C(F)(F)F)cc1. The van der Waals surface area contributed by atoms with Crippen LogP contribution in [0.3, 0.4) is 0 Å². The lowest BCUT2D eigenvalue weighted by Gasteiger charge is -2.30. The largest absolute Gasteiger partial charge is 0.446 e. The van der Waals surface area contributed by atoms with E-state index in [1.54, 1.807) is 0 Å². The van der Waals surface area contributed by atoms with Crippen molar-refractivity contribution in [3.05, 3.63) is 35.4 Å². The van der Waals surface area contributed by atoms with Crippen LogP contribution in [0.15, 0.2) is 24.3 Å². The van der Waals surface area contributed by atoms with E-state index in [9.17, 15) is 40.3 Å². The van der Waals surface area contributed by atoms with Gasteiger partial charge in [-0.05, 0) is 12.1 Å². The number of cyclic esters (lactones) is 1. The number of nitrogens with one attached hydrogen (secondary N) is 1. The summed E-state index contributed by atoms with van der Waals surface area (Å²) in [6, 6.07) is 1.58. The molecule has 2 amide bonds. The van der Waals surface area contributed by atoms with Crippen LogP contribution >= 0.6 is 0 Å². The third-order valence-electron chi connectivity index (χ3n) is 3.32. The standard InChI is InChI=1S/C13H9F7N2O3/c14-11(12(15,16)17,13(18,19)20)8-3-1-7(2-4-8)9(23)21-22-5-6-25-10(22)24/h1-4H,5-6H2,(H,21,23). The highest BCUT2D eigenvalue weighted by Crippen LogP contribution is 2.53. The molecule has 5 nitrogen and oxygen atoms in total. The van der Waals surface area contributed by atoms with Crippen molar-refractivity contribution in [1.29, 1.82) is 0 Å². The Hall–Kier alpha value is -2.53. The van der Waals surface area contributed by atoms with Crippen molar-refractivity contribution < 1.29 is 45.1 Å². The van der Waals surface area contributed by atoms with Gasteiger partial charge in [0, 0.05) is 11.1 Å². The molecule has 12 heteroatoms. The van der Waals surface area contributed by atoms with E-state index < -0.39 is 35.6 Å². The average Bonchev–Trinajstić information content (AvgIpc) is 2.89. The van der Waals surface area contributed by atoms with Crippen molar-refractivity contribution in [3.8, 4) is 0 Å². The second kappa shape index (κ2) is 6.08. The van der Waals surface area contributed by atoms with Gasteiger partial charge in [-0.3, -0.25) is 10.2 Å². The van der Waals surface area contributed by atoms with Gasteiger partial charge in [0.1, 0.15) is 6.61 Å². The highest BCUT2D eigenvalue weighted by molar-refractivity contribution is 5.95. The van der Waals surface area contributed by atoms with Gasteiger partial charge in [-0.2, -0.15) is 26.3 Å². The Kier molecular flexibility index (Phi) is 4.57. The quantitative estimate of drug-likeness (QED) is 0.828. The summed E-state index contributed by atoms with van der Waals surface area (Å²) in [5.74, 6) is -0.992. The van der Waals surface area contributed by atoms with Crippen molar-refractivity contribution >= 4 is 12.0 Å². The highest BCUT2D eigenvalue weighted by atomic mass is 19.4. The molecule has 0 unspecified atom stereocenters. The molecule has 1 aliphatic heterocycles. The predicted octanol–water partition coefficient (Wildman–Crippen LogP) is 3.07. The second-order valence-corrected chi connectivity index (χ2v) is 4.94. The first kappa shape index (κ1) is 18.8. The molecule has 0 saturated carbocycles. The molecule has 0 bridgehead atoms. The summed E-state index contributed by atoms with van der Waals surface area (Å²) in [6.07, 6.45) is -13.4. The van der Waals surface area contributed by atoms with Crippen molar-refractivity contribution in [2.45, 2.75) is 18.0 Å². The van der Waals surface area contributed by atoms with Gasteiger partial charge in [-0.1, -0.05) is 12.1 Å². The summed E-state index contributed by atoms with van der Waals surface area (Å²) >= 11 is 0. The molecule has 1 saturated heterocycles. The van der Waals surface area contributed by atoms with E-state index in [4.69, 9.17) is 0 Å². The molecule has 1 heterocycles. The van der Waals surface area contributed by atoms with E-state index in [2.05, 4.69) is 4.74 Å².